The van der Waals surface area contributed by atoms with Crippen LogP contribution in [0, 0.1) is 0 Å². The topological polar surface area (TPSA) is 63.3 Å². The van der Waals surface area contributed by atoms with Crippen LogP contribution < -0.4 is 0 Å². The van der Waals surface area contributed by atoms with Crippen molar-refractivity contribution in [3.8, 4) is 0 Å². The molecular weight excluding hydrogens is 248 g/mol. The molecule has 3 aromatic heterocycles. The number of fused-ring (bicyclic) bond motifs is 1. The number of hydrogen-bond donors (Lipinski definition) is 1. The third-order valence-corrected chi connectivity index (χ3v) is 3.42. The number of rotatable bonds is 3. The van der Waals surface area contributed by atoms with Gasteiger partial charge in [0.15, 0.2) is 0 Å². The summed E-state index contributed by atoms with van der Waals surface area (Å²) in [5.41, 5.74) is 1.58. The minimum Gasteiger partial charge on any atom is -0.390 e. The summed E-state index contributed by atoms with van der Waals surface area (Å²) in [6.45, 7) is -0.0617. The van der Waals surface area contributed by atoms with Gasteiger partial charge in [-0.25, -0.2) is 9.97 Å². The smallest absolute Gasteiger partial charge is 0.138 e. The van der Waals surface area contributed by atoms with E-state index < -0.39 is 0 Å². The Morgan fingerprint density at radius 1 is 1.28 bits per heavy atom. The highest BCUT2D eigenvalue weighted by atomic mass is 32.2. The van der Waals surface area contributed by atoms with Gasteiger partial charge in [-0.15, -0.1) is 0 Å². The zero-order valence-electron chi connectivity index (χ0n) is 9.39. The van der Waals surface area contributed by atoms with Crippen LogP contribution in [-0.2, 0) is 6.61 Å². The zero-order valence-corrected chi connectivity index (χ0v) is 10.2. The molecule has 0 fully saturated rings. The lowest BCUT2D eigenvalue weighted by atomic mass is 10.4. The Kier molecular flexibility index (Phi) is 2.95. The monoisotopic (exact) mass is 258 g/mol. The summed E-state index contributed by atoms with van der Waals surface area (Å²) in [6.07, 6.45) is 6.82. The molecule has 5 nitrogen and oxygen atoms in total. The molecule has 0 amide bonds. The lowest BCUT2D eigenvalue weighted by molar-refractivity contribution is 0.272. The Morgan fingerprint density at radius 2 is 2.22 bits per heavy atom. The predicted octanol–water partition coefficient (Wildman–Crippen LogP) is 1.77. The summed E-state index contributed by atoms with van der Waals surface area (Å²) < 4.78 is 1.87. The lowest BCUT2D eigenvalue weighted by Gasteiger charge is -2.00. The first-order chi connectivity index (χ1) is 8.88. The molecule has 0 unspecified atom stereocenters. The molecule has 0 radical (unpaired) electrons. The van der Waals surface area contributed by atoms with Gasteiger partial charge in [0, 0.05) is 18.6 Å². The molecule has 0 aliphatic heterocycles. The Labute approximate surface area is 108 Å². The number of nitrogens with zero attached hydrogens (tertiary/aromatic N) is 4. The fourth-order valence-electron chi connectivity index (χ4n) is 1.69. The molecule has 3 aromatic rings. The minimum absolute atomic E-state index is 0.0617. The fourth-order valence-corrected chi connectivity index (χ4v) is 2.53. The molecule has 0 saturated carbocycles. The fraction of sp³-hybridized carbons (Fsp3) is 0.0833. The van der Waals surface area contributed by atoms with Crippen LogP contribution in [0.5, 0.6) is 0 Å². The highest BCUT2D eigenvalue weighted by molar-refractivity contribution is 7.99. The van der Waals surface area contributed by atoms with Gasteiger partial charge < -0.3 is 9.51 Å². The zero-order chi connectivity index (χ0) is 12.4. The molecular formula is C12H10N4OS. The van der Waals surface area contributed by atoms with Gasteiger partial charge in [-0.3, -0.25) is 4.98 Å². The maximum Gasteiger partial charge on any atom is 0.138 e. The number of aliphatic hydroxyl groups is 1. The summed E-state index contributed by atoms with van der Waals surface area (Å²) in [7, 11) is 0. The quantitative estimate of drug-likeness (QED) is 0.775. The van der Waals surface area contributed by atoms with Crippen molar-refractivity contribution < 1.29 is 5.11 Å². The highest BCUT2D eigenvalue weighted by Crippen LogP contribution is 2.28. The van der Waals surface area contributed by atoms with E-state index in [0.717, 1.165) is 21.4 Å². The van der Waals surface area contributed by atoms with Gasteiger partial charge in [0.05, 0.1) is 18.5 Å². The van der Waals surface area contributed by atoms with Crippen molar-refractivity contribution in [1.82, 2.24) is 19.4 Å². The van der Waals surface area contributed by atoms with Crippen molar-refractivity contribution in [3.63, 3.8) is 0 Å². The van der Waals surface area contributed by atoms with E-state index >= 15 is 0 Å². The van der Waals surface area contributed by atoms with Gasteiger partial charge in [-0.1, -0.05) is 6.07 Å². The van der Waals surface area contributed by atoms with Crippen molar-refractivity contribution in [2.24, 2.45) is 0 Å². The van der Waals surface area contributed by atoms with E-state index in [1.165, 1.54) is 11.8 Å². The summed E-state index contributed by atoms with van der Waals surface area (Å²) in [6, 6.07) is 5.73. The van der Waals surface area contributed by atoms with Gasteiger partial charge in [-0.05, 0) is 23.9 Å². The average molecular weight is 258 g/mol. The summed E-state index contributed by atoms with van der Waals surface area (Å²) in [4.78, 5) is 12.7. The number of hydrogen-bond acceptors (Lipinski definition) is 5. The second-order valence-electron chi connectivity index (χ2n) is 3.60. The van der Waals surface area contributed by atoms with Crippen molar-refractivity contribution in [3.05, 3.63) is 48.7 Å². The van der Waals surface area contributed by atoms with Crippen LogP contribution in [0.2, 0.25) is 0 Å². The Bertz CT molecular complexity index is 668. The van der Waals surface area contributed by atoms with Crippen LogP contribution in [0.3, 0.4) is 0 Å². The third-order valence-electron chi connectivity index (χ3n) is 2.48. The van der Waals surface area contributed by atoms with Crippen LogP contribution in [0.15, 0.2) is 53.0 Å². The molecule has 3 rings (SSSR count). The maximum atomic E-state index is 9.47. The van der Waals surface area contributed by atoms with Crippen LogP contribution in [0.25, 0.3) is 5.65 Å². The van der Waals surface area contributed by atoms with Crippen molar-refractivity contribution in [1.29, 1.82) is 0 Å². The first-order valence-corrected chi connectivity index (χ1v) is 6.21. The second kappa shape index (κ2) is 4.75. The van der Waals surface area contributed by atoms with Gasteiger partial charge in [0.25, 0.3) is 0 Å². The molecule has 0 spiro atoms. The summed E-state index contributed by atoms with van der Waals surface area (Å²) in [5.74, 6) is 0. The summed E-state index contributed by atoms with van der Waals surface area (Å²) >= 11 is 1.40. The van der Waals surface area contributed by atoms with Crippen molar-refractivity contribution in [2.45, 2.75) is 16.7 Å². The van der Waals surface area contributed by atoms with Crippen molar-refractivity contribution >= 4 is 17.4 Å². The molecule has 0 aliphatic carbocycles. The Balaban J connectivity index is 2.06. The first-order valence-electron chi connectivity index (χ1n) is 5.39. The predicted molar refractivity (Wildman–Crippen MR) is 67.3 cm³/mol. The van der Waals surface area contributed by atoms with E-state index in [4.69, 9.17) is 0 Å². The lowest BCUT2D eigenvalue weighted by Crippen LogP contribution is -1.93. The van der Waals surface area contributed by atoms with Gasteiger partial charge in [-0.2, -0.15) is 0 Å². The van der Waals surface area contributed by atoms with E-state index in [1.54, 1.807) is 18.6 Å². The molecule has 0 aliphatic rings. The van der Waals surface area contributed by atoms with Gasteiger partial charge in [0.2, 0.25) is 0 Å². The van der Waals surface area contributed by atoms with Gasteiger partial charge >= 0.3 is 0 Å². The number of aromatic nitrogens is 4. The molecule has 18 heavy (non-hydrogen) atoms. The molecule has 0 saturated heterocycles. The third kappa shape index (κ3) is 1.96. The molecule has 3 heterocycles. The molecule has 0 bridgehead atoms. The average Bonchev–Trinajstić information content (AvgIpc) is 2.77. The van der Waals surface area contributed by atoms with E-state index in [-0.39, 0.29) is 6.61 Å². The highest BCUT2D eigenvalue weighted by Gasteiger charge is 2.12. The SMILES string of the molecule is OCc1c(Sc2cnccn2)nc2ccccn12. The number of pyridine rings is 1. The Hall–Kier alpha value is -1.92. The number of imidazole rings is 1. The first kappa shape index (κ1) is 11.2. The standard InChI is InChI=1S/C12H10N4OS/c17-8-9-12(18-11-7-13-4-5-14-11)15-10-3-1-2-6-16(9)10/h1-7,17H,8H2. The van der Waals surface area contributed by atoms with E-state index in [9.17, 15) is 5.11 Å². The van der Waals surface area contributed by atoms with Gasteiger partial charge in [0.1, 0.15) is 15.7 Å². The molecule has 0 aromatic carbocycles. The molecule has 6 heteroatoms. The largest absolute Gasteiger partial charge is 0.390 e. The summed E-state index contributed by atoms with van der Waals surface area (Å²) in [5, 5.41) is 11.0. The van der Waals surface area contributed by atoms with E-state index in [1.807, 2.05) is 28.8 Å². The maximum absolute atomic E-state index is 9.47. The van der Waals surface area contributed by atoms with Crippen molar-refractivity contribution in [2.75, 3.05) is 0 Å². The van der Waals surface area contributed by atoms with E-state index in [2.05, 4.69) is 15.0 Å². The second-order valence-corrected chi connectivity index (χ2v) is 4.61. The van der Waals surface area contributed by atoms with Crippen LogP contribution in [-0.4, -0.2) is 24.5 Å². The Morgan fingerprint density at radius 3 is 3.00 bits per heavy atom. The van der Waals surface area contributed by atoms with Crippen LogP contribution in [0.1, 0.15) is 5.69 Å². The number of aliphatic hydroxyl groups excluding tert-OH is 1. The molecule has 90 valence electrons. The van der Waals surface area contributed by atoms with Crippen LogP contribution in [0.4, 0.5) is 0 Å². The molecule has 0 atom stereocenters. The minimum atomic E-state index is -0.0617. The van der Waals surface area contributed by atoms with E-state index in [0.29, 0.717) is 0 Å². The normalized spacial score (nSPS) is 10.9. The van der Waals surface area contributed by atoms with Crippen LogP contribution >= 0.6 is 11.8 Å². The molecule has 1 N–H and O–H groups in total.